The molecule has 1 heterocycles. The fourth-order valence-electron chi connectivity index (χ4n) is 1.51. The average molecular weight is 230 g/mol. The maximum atomic E-state index is 11.1. The molecule has 0 fully saturated rings. The van der Waals surface area contributed by atoms with E-state index in [-0.39, 0.29) is 5.63 Å². The quantitative estimate of drug-likeness (QED) is 0.813. The zero-order chi connectivity index (χ0) is 12.3. The van der Waals surface area contributed by atoms with Gasteiger partial charge >= 0.3 is 5.63 Å². The van der Waals surface area contributed by atoms with E-state index in [1.165, 1.54) is 11.6 Å². The standard InChI is InChI=1S/C14H14O3/c1-10-3-5-12(6-4-10)9-16-13-7-11(2)17-14(15)8-13/h3-8H,9H2,1-2H3. The Morgan fingerprint density at radius 1 is 1.12 bits per heavy atom. The molecular weight excluding hydrogens is 216 g/mol. The number of aryl methyl sites for hydroxylation is 2. The summed E-state index contributed by atoms with van der Waals surface area (Å²) >= 11 is 0. The summed E-state index contributed by atoms with van der Waals surface area (Å²) in [5.74, 6) is 1.09. The highest BCUT2D eigenvalue weighted by Crippen LogP contribution is 2.12. The molecule has 0 atom stereocenters. The molecule has 0 N–H and O–H groups in total. The molecule has 3 heteroatoms. The maximum absolute atomic E-state index is 11.1. The molecule has 0 bridgehead atoms. The van der Waals surface area contributed by atoms with E-state index in [4.69, 9.17) is 9.15 Å². The van der Waals surface area contributed by atoms with Crippen LogP contribution in [0.3, 0.4) is 0 Å². The Balaban J connectivity index is 2.07. The lowest BCUT2D eigenvalue weighted by Gasteiger charge is -2.06. The number of hydrogen-bond donors (Lipinski definition) is 0. The summed E-state index contributed by atoms with van der Waals surface area (Å²) in [6.07, 6.45) is 0. The molecule has 3 nitrogen and oxygen atoms in total. The number of hydrogen-bond acceptors (Lipinski definition) is 3. The summed E-state index contributed by atoms with van der Waals surface area (Å²) in [6, 6.07) is 11.1. The lowest BCUT2D eigenvalue weighted by atomic mass is 10.2. The van der Waals surface area contributed by atoms with Gasteiger partial charge in [0.2, 0.25) is 0 Å². The Kier molecular flexibility index (Phi) is 3.28. The molecule has 0 amide bonds. The minimum absolute atomic E-state index is 0.385. The van der Waals surface area contributed by atoms with Crippen molar-refractivity contribution in [1.29, 1.82) is 0 Å². The Bertz CT molecular complexity index is 552. The van der Waals surface area contributed by atoms with Gasteiger partial charge in [-0.15, -0.1) is 0 Å². The van der Waals surface area contributed by atoms with Gasteiger partial charge in [0.1, 0.15) is 18.1 Å². The van der Waals surface area contributed by atoms with Crippen LogP contribution < -0.4 is 10.4 Å². The molecule has 88 valence electrons. The first-order valence-electron chi connectivity index (χ1n) is 5.43. The summed E-state index contributed by atoms with van der Waals surface area (Å²) in [7, 11) is 0. The highest BCUT2D eigenvalue weighted by molar-refractivity contribution is 5.23. The van der Waals surface area contributed by atoms with E-state index in [1.807, 2.05) is 31.2 Å². The van der Waals surface area contributed by atoms with Gasteiger partial charge in [-0.25, -0.2) is 4.79 Å². The molecular formula is C14H14O3. The van der Waals surface area contributed by atoms with Gasteiger partial charge in [-0.05, 0) is 19.4 Å². The summed E-state index contributed by atoms with van der Waals surface area (Å²) < 4.78 is 10.4. The van der Waals surface area contributed by atoms with Crippen molar-refractivity contribution < 1.29 is 9.15 Å². The molecule has 0 saturated carbocycles. The molecule has 1 aromatic heterocycles. The van der Waals surface area contributed by atoms with Crippen molar-refractivity contribution in [3.05, 3.63) is 63.7 Å². The van der Waals surface area contributed by atoms with Gasteiger partial charge in [-0.2, -0.15) is 0 Å². The van der Waals surface area contributed by atoms with Gasteiger partial charge < -0.3 is 9.15 Å². The molecule has 0 aliphatic heterocycles. The minimum Gasteiger partial charge on any atom is -0.489 e. The van der Waals surface area contributed by atoms with Crippen LogP contribution in [-0.4, -0.2) is 0 Å². The van der Waals surface area contributed by atoms with E-state index < -0.39 is 0 Å². The lowest BCUT2D eigenvalue weighted by molar-refractivity contribution is 0.300. The third-order valence-corrected chi connectivity index (χ3v) is 2.39. The van der Waals surface area contributed by atoms with Gasteiger partial charge in [0.05, 0.1) is 6.07 Å². The van der Waals surface area contributed by atoms with Crippen LogP contribution in [0.4, 0.5) is 0 Å². The van der Waals surface area contributed by atoms with Crippen LogP contribution in [0.25, 0.3) is 0 Å². The third-order valence-electron chi connectivity index (χ3n) is 2.39. The van der Waals surface area contributed by atoms with Crippen LogP contribution in [-0.2, 0) is 6.61 Å². The fraction of sp³-hybridized carbons (Fsp3) is 0.214. The molecule has 2 rings (SSSR count). The highest BCUT2D eigenvalue weighted by Gasteiger charge is 2.00. The highest BCUT2D eigenvalue weighted by atomic mass is 16.5. The third kappa shape index (κ3) is 3.21. The summed E-state index contributed by atoms with van der Waals surface area (Å²) in [5.41, 5.74) is 1.90. The van der Waals surface area contributed by atoms with Crippen LogP contribution in [0.2, 0.25) is 0 Å². The van der Waals surface area contributed by atoms with E-state index in [0.717, 1.165) is 5.56 Å². The lowest BCUT2D eigenvalue weighted by Crippen LogP contribution is -2.02. The smallest absolute Gasteiger partial charge is 0.339 e. The van der Waals surface area contributed by atoms with Crippen molar-refractivity contribution >= 4 is 0 Å². The molecule has 0 aliphatic carbocycles. The second-order valence-electron chi connectivity index (χ2n) is 4.00. The van der Waals surface area contributed by atoms with E-state index in [2.05, 4.69) is 0 Å². The van der Waals surface area contributed by atoms with Crippen molar-refractivity contribution in [2.24, 2.45) is 0 Å². The molecule has 0 saturated heterocycles. The van der Waals surface area contributed by atoms with Crippen LogP contribution in [0, 0.1) is 13.8 Å². The second-order valence-corrected chi connectivity index (χ2v) is 4.00. The van der Waals surface area contributed by atoms with Crippen molar-refractivity contribution in [1.82, 2.24) is 0 Å². The molecule has 0 radical (unpaired) electrons. The monoisotopic (exact) mass is 230 g/mol. The van der Waals surface area contributed by atoms with Gasteiger partial charge in [-0.3, -0.25) is 0 Å². The number of ether oxygens (including phenoxy) is 1. The minimum atomic E-state index is -0.385. The van der Waals surface area contributed by atoms with E-state index in [0.29, 0.717) is 18.1 Å². The van der Waals surface area contributed by atoms with Gasteiger partial charge in [-0.1, -0.05) is 29.8 Å². The van der Waals surface area contributed by atoms with Crippen molar-refractivity contribution in [3.63, 3.8) is 0 Å². The first kappa shape index (κ1) is 11.5. The Morgan fingerprint density at radius 3 is 2.47 bits per heavy atom. The average Bonchev–Trinajstić information content (AvgIpc) is 2.27. The van der Waals surface area contributed by atoms with E-state index >= 15 is 0 Å². The van der Waals surface area contributed by atoms with Gasteiger partial charge in [0.15, 0.2) is 0 Å². The van der Waals surface area contributed by atoms with Crippen LogP contribution >= 0.6 is 0 Å². The zero-order valence-corrected chi connectivity index (χ0v) is 9.90. The Labute approximate surface area is 99.7 Å². The van der Waals surface area contributed by atoms with E-state index in [9.17, 15) is 4.79 Å². The van der Waals surface area contributed by atoms with Crippen LogP contribution in [0.1, 0.15) is 16.9 Å². The fourth-order valence-corrected chi connectivity index (χ4v) is 1.51. The molecule has 0 aliphatic rings. The zero-order valence-electron chi connectivity index (χ0n) is 9.90. The Morgan fingerprint density at radius 2 is 1.82 bits per heavy atom. The van der Waals surface area contributed by atoms with Crippen molar-refractivity contribution in [2.75, 3.05) is 0 Å². The molecule has 17 heavy (non-hydrogen) atoms. The second kappa shape index (κ2) is 4.87. The maximum Gasteiger partial charge on any atom is 0.339 e. The van der Waals surface area contributed by atoms with Gasteiger partial charge in [0, 0.05) is 6.07 Å². The summed E-state index contributed by atoms with van der Waals surface area (Å²) in [4.78, 5) is 11.1. The first-order chi connectivity index (χ1) is 8.13. The normalized spacial score (nSPS) is 10.2. The number of benzene rings is 1. The summed E-state index contributed by atoms with van der Waals surface area (Å²) in [5, 5.41) is 0. The van der Waals surface area contributed by atoms with Gasteiger partial charge in [0.25, 0.3) is 0 Å². The predicted molar refractivity (Wildman–Crippen MR) is 65.2 cm³/mol. The molecule has 0 unspecified atom stereocenters. The summed E-state index contributed by atoms with van der Waals surface area (Å²) in [6.45, 7) is 4.21. The molecule has 1 aromatic carbocycles. The first-order valence-corrected chi connectivity index (χ1v) is 5.43. The largest absolute Gasteiger partial charge is 0.489 e. The Hall–Kier alpha value is -2.03. The van der Waals surface area contributed by atoms with Crippen LogP contribution in [0.15, 0.2) is 45.6 Å². The van der Waals surface area contributed by atoms with Crippen molar-refractivity contribution in [3.8, 4) is 5.75 Å². The van der Waals surface area contributed by atoms with Crippen LogP contribution in [0.5, 0.6) is 5.75 Å². The predicted octanol–water partition coefficient (Wildman–Crippen LogP) is 2.84. The molecule has 2 aromatic rings. The SMILES string of the molecule is Cc1ccc(COc2cc(C)oc(=O)c2)cc1. The van der Waals surface area contributed by atoms with E-state index in [1.54, 1.807) is 13.0 Å². The number of rotatable bonds is 3. The topological polar surface area (TPSA) is 39.4 Å². The molecule has 0 spiro atoms. The van der Waals surface area contributed by atoms with Crippen molar-refractivity contribution in [2.45, 2.75) is 20.5 Å².